The van der Waals surface area contributed by atoms with Gasteiger partial charge >= 0.3 is 0 Å². The highest BCUT2D eigenvalue weighted by molar-refractivity contribution is 5.81. The molecule has 0 aromatic carbocycles. The Morgan fingerprint density at radius 2 is 2.27 bits per heavy atom. The number of hydrogen-bond donors (Lipinski definition) is 2. The molecule has 0 radical (unpaired) electrons. The third kappa shape index (κ3) is 4.47. The third-order valence-corrected chi connectivity index (χ3v) is 2.68. The Kier molecular flexibility index (Phi) is 4.82. The van der Waals surface area contributed by atoms with Crippen molar-refractivity contribution in [2.75, 3.05) is 0 Å². The van der Waals surface area contributed by atoms with E-state index in [2.05, 4.69) is 31.3 Å². The van der Waals surface area contributed by atoms with E-state index >= 15 is 0 Å². The van der Waals surface area contributed by atoms with Crippen molar-refractivity contribution >= 4 is 5.91 Å². The molecule has 0 spiro atoms. The Hall–Kier alpha value is -0.830. The fourth-order valence-electron chi connectivity index (χ4n) is 1.85. The summed E-state index contributed by atoms with van der Waals surface area (Å²) in [5.74, 6) is 0.473. The van der Waals surface area contributed by atoms with Crippen LogP contribution in [0, 0.1) is 5.92 Å². The van der Waals surface area contributed by atoms with Crippen molar-refractivity contribution in [3.05, 3.63) is 12.2 Å². The second kappa shape index (κ2) is 5.91. The Balaban J connectivity index is 2.30. The molecule has 0 aromatic heterocycles. The Morgan fingerprint density at radius 1 is 1.53 bits per heavy atom. The zero-order valence-electron chi connectivity index (χ0n) is 9.70. The van der Waals surface area contributed by atoms with E-state index in [1.807, 2.05) is 0 Å². The summed E-state index contributed by atoms with van der Waals surface area (Å²) in [4.78, 5) is 11.7. The SMILES string of the molecule is CC(C)C[C@H](N)C(=O)NC1CC=CCC1. The molecule has 0 saturated heterocycles. The lowest BCUT2D eigenvalue weighted by atomic mass is 10.00. The first-order valence-corrected chi connectivity index (χ1v) is 5.80. The highest BCUT2D eigenvalue weighted by Crippen LogP contribution is 2.11. The van der Waals surface area contributed by atoms with Crippen LogP contribution in [0.15, 0.2) is 12.2 Å². The van der Waals surface area contributed by atoms with Crippen LogP contribution in [0.25, 0.3) is 0 Å². The Morgan fingerprint density at radius 3 is 2.80 bits per heavy atom. The smallest absolute Gasteiger partial charge is 0.237 e. The lowest BCUT2D eigenvalue weighted by Gasteiger charge is -2.22. The topological polar surface area (TPSA) is 55.1 Å². The molecule has 0 aliphatic heterocycles. The maximum Gasteiger partial charge on any atom is 0.237 e. The average molecular weight is 210 g/mol. The zero-order chi connectivity index (χ0) is 11.3. The molecule has 3 nitrogen and oxygen atoms in total. The molecule has 2 atom stereocenters. The van der Waals surface area contributed by atoms with Gasteiger partial charge in [0.25, 0.3) is 0 Å². The first-order valence-electron chi connectivity index (χ1n) is 5.80. The highest BCUT2D eigenvalue weighted by atomic mass is 16.2. The van der Waals surface area contributed by atoms with Crippen molar-refractivity contribution in [2.45, 2.75) is 51.6 Å². The van der Waals surface area contributed by atoms with Crippen LogP contribution in [-0.2, 0) is 4.79 Å². The van der Waals surface area contributed by atoms with E-state index in [0.717, 1.165) is 25.7 Å². The summed E-state index contributed by atoms with van der Waals surface area (Å²) in [6.07, 6.45) is 8.09. The molecule has 0 heterocycles. The summed E-state index contributed by atoms with van der Waals surface area (Å²) in [5, 5.41) is 3.01. The molecule has 3 N–H and O–H groups in total. The molecule has 86 valence electrons. The van der Waals surface area contributed by atoms with Gasteiger partial charge in [0.2, 0.25) is 5.91 Å². The molecule has 1 amide bonds. The number of allylic oxidation sites excluding steroid dienone is 1. The molecule has 3 heteroatoms. The van der Waals surface area contributed by atoms with Crippen LogP contribution in [0.3, 0.4) is 0 Å². The van der Waals surface area contributed by atoms with Gasteiger partial charge in [0.05, 0.1) is 6.04 Å². The lowest BCUT2D eigenvalue weighted by molar-refractivity contribution is -0.123. The summed E-state index contributed by atoms with van der Waals surface area (Å²) in [6, 6.07) is -0.0587. The van der Waals surface area contributed by atoms with Gasteiger partial charge in [-0.25, -0.2) is 0 Å². The van der Waals surface area contributed by atoms with Crippen LogP contribution in [-0.4, -0.2) is 18.0 Å². The number of carbonyl (C=O) groups excluding carboxylic acids is 1. The second-order valence-electron chi connectivity index (χ2n) is 4.73. The normalized spacial score (nSPS) is 22.8. The van der Waals surface area contributed by atoms with Gasteiger partial charge in [-0.05, 0) is 31.6 Å². The van der Waals surface area contributed by atoms with Crippen molar-refractivity contribution < 1.29 is 4.79 Å². The molecular formula is C12H22N2O. The van der Waals surface area contributed by atoms with E-state index in [4.69, 9.17) is 5.73 Å². The number of amides is 1. The van der Waals surface area contributed by atoms with E-state index in [0.29, 0.717) is 12.0 Å². The van der Waals surface area contributed by atoms with E-state index in [9.17, 15) is 4.79 Å². The molecule has 1 aliphatic rings. The van der Waals surface area contributed by atoms with Gasteiger partial charge in [-0.2, -0.15) is 0 Å². The van der Waals surface area contributed by atoms with E-state index in [-0.39, 0.29) is 11.9 Å². The monoisotopic (exact) mass is 210 g/mol. The van der Waals surface area contributed by atoms with Crippen LogP contribution in [0.5, 0.6) is 0 Å². The minimum atomic E-state index is -0.351. The van der Waals surface area contributed by atoms with Crippen LogP contribution < -0.4 is 11.1 Å². The fourth-order valence-corrected chi connectivity index (χ4v) is 1.85. The van der Waals surface area contributed by atoms with Gasteiger partial charge in [0.15, 0.2) is 0 Å². The third-order valence-electron chi connectivity index (χ3n) is 2.68. The molecule has 1 rings (SSSR count). The van der Waals surface area contributed by atoms with E-state index in [1.165, 1.54) is 0 Å². The number of nitrogens with two attached hydrogens (primary N) is 1. The first-order chi connectivity index (χ1) is 7.09. The fraction of sp³-hybridized carbons (Fsp3) is 0.750. The van der Waals surface area contributed by atoms with Crippen LogP contribution >= 0.6 is 0 Å². The maximum atomic E-state index is 11.7. The molecule has 0 fully saturated rings. The number of hydrogen-bond acceptors (Lipinski definition) is 2. The summed E-state index contributed by atoms with van der Waals surface area (Å²) in [6.45, 7) is 4.16. The molecule has 0 aromatic rings. The van der Waals surface area contributed by atoms with Gasteiger partial charge in [0, 0.05) is 6.04 Å². The van der Waals surface area contributed by atoms with Crippen molar-refractivity contribution in [2.24, 2.45) is 11.7 Å². The Bertz CT molecular complexity index is 236. The van der Waals surface area contributed by atoms with Crippen LogP contribution in [0.1, 0.15) is 39.5 Å². The standard InChI is InChI=1S/C12H22N2O/c1-9(2)8-11(13)12(15)14-10-6-4-3-5-7-10/h3-4,9-11H,5-8,13H2,1-2H3,(H,14,15)/t10?,11-/m0/s1. The summed E-state index contributed by atoms with van der Waals surface area (Å²) in [5.41, 5.74) is 5.81. The van der Waals surface area contributed by atoms with E-state index < -0.39 is 0 Å². The summed E-state index contributed by atoms with van der Waals surface area (Å²) < 4.78 is 0. The Labute approximate surface area is 92.1 Å². The summed E-state index contributed by atoms with van der Waals surface area (Å²) in [7, 11) is 0. The highest BCUT2D eigenvalue weighted by Gasteiger charge is 2.18. The van der Waals surface area contributed by atoms with Crippen molar-refractivity contribution in [3.8, 4) is 0 Å². The molecule has 0 saturated carbocycles. The van der Waals surface area contributed by atoms with Gasteiger partial charge in [0.1, 0.15) is 0 Å². The quantitative estimate of drug-likeness (QED) is 0.692. The van der Waals surface area contributed by atoms with Crippen LogP contribution in [0.4, 0.5) is 0 Å². The van der Waals surface area contributed by atoms with Gasteiger partial charge in [-0.3, -0.25) is 4.79 Å². The zero-order valence-corrected chi connectivity index (χ0v) is 9.70. The number of nitrogens with one attached hydrogen (secondary N) is 1. The minimum absolute atomic E-state index is 0.00370. The summed E-state index contributed by atoms with van der Waals surface area (Å²) >= 11 is 0. The van der Waals surface area contributed by atoms with Gasteiger partial charge < -0.3 is 11.1 Å². The minimum Gasteiger partial charge on any atom is -0.352 e. The van der Waals surface area contributed by atoms with Crippen molar-refractivity contribution in [1.29, 1.82) is 0 Å². The number of rotatable bonds is 4. The van der Waals surface area contributed by atoms with Crippen molar-refractivity contribution in [3.63, 3.8) is 0 Å². The second-order valence-corrected chi connectivity index (χ2v) is 4.73. The molecule has 1 aliphatic carbocycles. The maximum absolute atomic E-state index is 11.7. The van der Waals surface area contributed by atoms with Gasteiger partial charge in [-0.1, -0.05) is 26.0 Å². The molecule has 1 unspecified atom stereocenters. The molecule has 0 bridgehead atoms. The predicted octanol–water partition coefficient (Wildman–Crippen LogP) is 1.58. The predicted molar refractivity (Wildman–Crippen MR) is 62.4 cm³/mol. The molecular weight excluding hydrogens is 188 g/mol. The van der Waals surface area contributed by atoms with E-state index in [1.54, 1.807) is 0 Å². The van der Waals surface area contributed by atoms with Crippen molar-refractivity contribution in [1.82, 2.24) is 5.32 Å². The van der Waals surface area contributed by atoms with Crippen LogP contribution in [0.2, 0.25) is 0 Å². The largest absolute Gasteiger partial charge is 0.352 e. The lowest BCUT2D eigenvalue weighted by Crippen LogP contribution is -2.46. The van der Waals surface area contributed by atoms with Gasteiger partial charge in [-0.15, -0.1) is 0 Å². The molecule has 15 heavy (non-hydrogen) atoms. The first kappa shape index (κ1) is 12.2. The average Bonchev–Trinajstić information content (AvgIpc) is 2.18. The number of carbonyl (C=O) groups is 1.